The summed E-state index contributed by atoms with van der Waals surface area (Å²) in [6, 6.07) is 6.70. The number of H-pyrrole nitrogens is 1. The summed E-state index contributed by atoms with van der Waals surface area (Å²) in [5, 5.41) is 5.57. The van der Waals surface area contributed by atoms with E-state index in [9.17, 15) is 17.6 Å². The number of alkyl halides is 4. The van der Waals surface area contributed by atoms with Gasteiger partial charge in [0.1, 0.15) is 30.1 Å². The van der Waals surface area contributed by atoms with Gasteiger partial charge in [-0.3, -0.25) is 15.0 Å². The lowest BCUT2D eigenvalue weighted by molar-refractivity contribution is -0.144. The molecule has 10 nitrogen and oxygen atoms in total. The molecule has 0 aliphatic carbocycles. The van der Waals surface area contributed by atoms with Crippen LogP contribution in [0.25, 0.3) is 22.6 Å². The van der Waals surface area contributed by atoms with Crippen LogP contribution in [0.4, 0.5) is 22.0 Å². The fraction of sp³-hybridized carbons (Fsp3) is 0.433. The van der Waals surface area contributed by atoms with Crippen molar-refractivity contribution in [3.63, 3.8) is 0 Å². The Balaban J connectivity index is 1.17. The molecule has 2 aliphatic rings. The summed E-state index contributed by atoms with van der Waals surface area (Å²) in [4.78, 5) is 19.1. The maximum absolute atomic E-state index is 15.7. The van der Waals surface area contributed by atoms with Gasteiger partial charge < -0.3 is 14.0 Å². The topological polar surface area (TPSA) is 107 Å². The van der Waals surface area contributed by atoms with Crippen LogP contribution in [0.2, 0.25) is 0 Å². The van der Waals surface area contributed by atoms with Gasteiger partial charge in [-0.2, -0.15) is 18.3 Å². The number of rotatable bonds is 10. The van der Waals surface area contributed by atoms with E-state index in [1.165, 1.54) is 6.20 Å². The number of aromatic amines is 1. The molecule has 0 aromatic carbocycles. The van der Waals surface area contributed by atoms with E-state index < -0.39 is 29.9 Å². The highest BCUT2D eigenvalue weighted by molar-refractivity contribution is 5.78. The Morgan fingerprint density at radius 1 is 1.22 bits per heavy atom. The van der Waals surface area contributed by atoms with Gasteiger partial charge in [0.15, 0.2) is 5.82 Å². The van der Waals surface area contributed by atoms with Gasteiger partial charge in [-0.15, -0.1) is 0 Å². The number of pyridine rings is 2. The minimum atomic E-state index is -4.66. The summed E-state index contributed by atoms with van der Waals surface area (Å²) in [7, 11) is 0. The molecule has 0 amide bonds. The number of piperidine rings is 1. The van der Waals surface area contributed by atoms with Gasteiger partial charge in [-0.05, 0) is 38.4 Å². The minimum Gasteiger partial charge on any atom is -0.473 e. The van der Waals surface area contributed by atoms with Crippen LogP contribution in [0.3, 0.4) is 0 Å². The summed E-state index contributed by atoms with van der Waals surface area (Å²) >= 11 is 0. The molecule has 15 heteroatoms. The highest BCUT2D eigenvalue weighted by Gasteiger charge is 2.36. The van der Waals surface area contributed by atoms with Crippen molar-refractivity contribution in [2.24, 2.45) is 0 Å². The predicted molar refractivity (Wildman–Crippen MR) is 154 cm³/mol. The Hall–Kier alpha value is -4.24. The van der Waals surface area contributed by atoms with Crippen LogP contribution < -0.4 is 4.74 Å². The molecule has 4 aromatic rings. The van der Waals surface area contributed by atoms with E-state index in [1.54, 1.807) is 37.3 Å². The van der Waals surface area contributed by atoms with Crippen LogP contribution >= 0.6 is 0 Å². The molecule has 4 aromatic heterocycles. The Morgan fingerprint density at radius 3 is 2.71 bits per heavy atom. The van der Waals surface area contributed by atoms with Crippen LogP contribution in [0.1, 0.15) is 43.0 Å². The smallest absolute Gasteiger partial charge is 0.451 e. The van der Waals surface area contributed by atoms with Crippen molar-refractivity contribution < 1.29 is 31.4 Å². The Morgan fingerprint density at radius 2 is 2.04 bits per heavy atom. The molecule has 1 N–H and O–H groups in total. The zero-order valence-corrected chi connectivity index (χ0v) is 24.4. The van der Waals surface area contributed by atoms with Gasteiger partial charge in [0.2, 0.25) is 11.7 Å². The van der Waals surface area contributed by atoms with Crippen molar-refractivity contribution >= 4 is 11.0 Å². The molecular weight excluding hydrogens is 599 g/mol. The number of halogens is 5. The number of nitrogens with zero attached hydrogens (tertiary/aromatic N) is 7. The predicted octanol–water partition coefficient (Wildman–Crippen LogP) is 5.56. The first-order chi connectivity index (χ1) is 21.6. The van der Waals surface area contributed by atoms with Crippen molar-refractivity contribution in [3.8, 4) is 17.4 Å². The molecule has 6 heterocycles. The van der Waals surface area contributed by atoms with Crippen molar-refractivity contribution in [2.75, 3.05) is 26.3 Å². The first-order valence-corrected chi connectivity index (χ1v) is 14.5. The van der Waals surface area contributed by atoms with Crippen LogP contribution in [0.15, 0.2) is 54.5 Å². The van der Waals surface area contributed by atoms with E-state index in [-0.39, 0.29) is 36.7 Å². The number of allylic oxidation sites excluding steroid dienone is 1. The first-order valence-electron chi connectivity index (χ1n) is 14.5. The standard InChI is InChI=1S/C30H31F5N8O2/c1-3-18(17(2)31)16-45-27-6-4-5-22(38-27)20-7-9-42(14-21(20)32)15-26-37-23-11-24(28-39-29(41-40-28)30(33,34)35)36-12-25(23)43(26)13-19-8-10-44-19/h3-6,11-12,19-21H,2,7-10,13-16H2,1H3,(H,39,40,41)/b18-3-/t19-,20+,21+/m0/s1. The molecule has 0 spiro atoms. The molecular formula is C30H31F5N8O2. The number of nitrogens with one attached hydrogen (secondary N) is 1. The van der Waals surface area contributed by atoms with Crippen LogP contribution in [-0.2, 0) is 24.0 Å². The Kier molecular flexibility index (Phi) is 8.64. The second-order valence-corrected chi connectivity index (χ2v) is 11.0. The molecule has 0 bridgehead atoms. The van der Waals surface area contributed by atoms with Gasteiger partial charge in [-0.25, -0.2) is 23.7 Å². The average molecular weight is 631 g/mol. The van der Waals surface area contributed by atoms with Crippen LogP contribution in [-0.4, -0.2) is 78.2 Å². The van der Waals surface area contributed by atoms with E-state index in [4.69, 9.17) is 14.5 Å². The number of fused-ring (bicyclic) bond motifs is 1. The SMILES string of the molecule is C=C(F)/C(=C\C)COc1cccc([C@@H]2CCN(Cc3nc4cc(-c5n[nH]c(C(F)(F)F)n5)ncc4n3C[C@@H]3CCO3)C[C@H]2F)n1. The van der Waals surface area contributed by atoms with Gasteiger partial charge in [0.05, 0.1) is 42.1 Å². The molecule has 2 aliphatic heterocycles. The zero-order valence-electron chi connectivity index (χ0n) is 24.4. The molecule has 3 atom stereocenters. The van der Waals surface area contributed by atoms with Gasteiger partial charge >= 0.3 is 6.18 Å². The number of likely N-dealkylation sites (tertiary alicyclic amines) is 1. The lowest BCUT2D eigenvalue weighted by Crippen LogP contribution is -2.41. The molecule has 2 saturated heterocycles. The summed E-state index contributed by atoms with van der Waals surface area (Å²) in [5.74, 6) is -1.48. The van der Waals surface area contributed by atoms with E-state index in [1.807, 2.05) is 14.6 Å². The zero-order chi connectivity index (χ0) is 31.7. The number of hydrogen-bond acceptors (Lipinski definition) is 8. The van der Waals surface area contributed by atoms with Gasteiger partial charge in [0, 0.05) is 30.7 Å². The summed E-state index contributed by atoms with van der Waals surface area (Å²) < 4.78 is 81.5. The largest absolute Gasteiger partial charge is 0.473 e. The lowest BCUT2D eigenvalue weighted by Gasteiger charge is -2.34. The van der Waals surface area contributed by atoms with Crippen molar-refractivity contribution in [3.05, 3.63) is 71.9 Å². The highest BCUT2D eigenvalue weighted by atomic mass is 19.4. The molecule has 0 radical (unpaired) electrons. The molecule has 6 rings (SSSR count). The third kappa shape index (κ3) is 6.73. The van der Waals surface area contributed by atoms with Crippen molar-refractivity contribution in [1.82, 2.24) is 39.6 Å². The fourth-order valence-electron chi connectivity index (χ4n) is 5.49. The Bertz CT molecular complexity index is 1710. The molecule has 0 saturated carbocycles. The number of hydrogen-bond donors (Lipinski definition) is 1. The first kappa shape index (κ1) is 30.8. The monoisotopic (exact) mass is 630 g/mol. The summed E-state index contributed by atoms with van der Waals surface area (Å²) in [6.45, 7) is 7.20. The normalized spacial score (nSPS) is 21.2. The second-order valence-electron chi connectivity index (χ2n) is 11.0. The number of ether oxygens (including phenoxy) is 2. The van der Waals surface area contributed by atoms with E-state index in [0.717, 1.165) is 6.42 Å². The molecule has 238 valence electrons. The lowest BCUT2D eigenvalue weighted by atomic mass is 9.91. The van der Waals surface area contributed by atoms with E-state index in [2.05, 4.69) is 26.6 Å². The minimum absolute atomic E-state index is 0.00437. The second kappa shape index (κ2) is 12.6. The highest BCUT2D eigenvalue weighted by Crippen LogP contribution is 2.32. The third-order valence-electron chi connectivity index (χ3n) is 8.06. The summed E-state index contributed by atoms with van der Waals surface area (Å²) in [5.41, 5.74) is 2.22. The maximum atomic E-state index is 15.7. The van der Waals surface area contributed by atoms with E-state index >= 15 is 4.39 Å². The van der Waals surface area contributed by atoms with E-state index in [0.29, 0.717) is 60.8 Å². The van der Waals surface area contributed by atoms with Gasteiger partial charge in [-0.1, -0.05) is 18.7 Å². The van der Waals surface area contributed by atoms with Crippen LogP contribution in [0.5, 0.6) is 5.88 Å². The number of imidazole rings is 1. The van der Waals surface area contributed by atoms with Crippen LogP contribution in [0, 0.1) is 0 Å². The quantitative estimate of drug-likeness (QED) is 0.180. The van der Waals surface area contributed by atoms with Gasteiger partial charge in [0.25, 0.3) is 0 Å². The fourth-order valence-corrected chi connectivity index (χ4v) is 5.49. The molecule has 45 heavy (non-hydrogen) atoms. The molecule has 0 unspecified atom stereocenters. The van der Waals surface area contributed by atoms with Crippen molar-refractivity contribution in [2.45, 2.75) is 57.2 Å². The average Bonchev–Trinajstić information content (AvgIpc) is 3.60. The summed E-state index contributed by atoms with van der Waals surface area (Å²) in [6.07, 6.45) is -1.38. The van der Waals surface area contributed by atoms with Crippen molar-refractivity contribution in [1.29, 1.82) is 0 Å². The third-order valence-corrected chi connectivity index (χ3v) is 8.06. The number of aromatic nitrogens is 7. The Labute approximate surface area is 255 Å². The molecule has 2 fully saturated rings. The maximum Gasteiger partial charge on any atom is 0.451 e.